The number of benzene rings is 1. The highest BCUT2D eigenvalue weighted by atomic mass is 16.7. The van der Waals surface area contributed by atoms with Gasteiger partial charge in [0.25, 0.3) is 0 Å². The highest BCUT2D eigenvalue weighted by Crippen LogP contribution is 2.32. The van der Waals surface area contributed by atoms with Gasteiger partial charge in [-0.05, 0) is 5.56 Å². The van der Waals surface area contributed by atoms with Crippen LogP contribution >= 0.6 is 0 Å². The summed E-state index contributed by atoms with van der Waals surface area (Å²) >= 11 is 0. The molecule has 3 heteroatoms. The van der Waals surface area contributed by atoms with Crippen molar-refractivity contribution in [2.45, 2.75) is 6.04 Å². The molecule has 2 rings (SSSR count). The number of nitrogens with zero attached hydrogens (tertiary/aromatic N) is 2. The minimum Gasteiger partial charge on any atom is -0.297 e. The summed E-state index contributed by atoms with van der Waals surface area (Å²) in [7, 11) is 1.87. The molecule has 1 aromatic rings. The van der Waals surface area contributed by atoms with Crippen molar-refractivity contribution in [1.82, 2.24) is 5.06 Å². The van der Waals surface area contributed by atoms with Crippen LogP contribution in [0, 0.1) is 17.2 Å². The van der Waals surface area contributed by atoms with Crippen molar-refractivity contribution >= 4 is 0 Å². The second-order valence-corrected chi connectivity index (χ2v) is 3.43. The van der Waals surface area contributed by atoms with Crippen molar-refractivity contribution in [2.24, 2.45) is 5.92 Å². The Balaban J connectivity index is 2.29. The third kappa shape index (κ3) is 1.50. The molecular formula is C11H12N2O. The van der Waals surface area contributed by atoms with E-state index in [-0.39, 0.29) is 12.0 Å². The molecule has 0 bridgehead atoms. The molecule has 1 saturated heterocycles. The first-order valence-electron chi connectivity index (χ1n) is 4.63. The first-order chi connectivity index (χ1) is 6.83. The van der Waals surface area contributed by atoms with Crippen molar-refractivity contribution in [2.75, 3.05) is 13.7 Å². The van der Waals surface area contributed by atoms with Crippen LogP contribution < -0.4 is 0 Å². The van der Waals surface area contributed by atoms with Crippen molar-refractivity contribution in [3.63, 3.8) is 0 Å². The van der Waals surface area contributed by atoms with Crippen LogP contribution in [0.3, 0.4) is 0 Å². The summed E-state index contributed by atoms with van der Waals surface area (Å²) in [6.45, 7) is 0.493. The van der Waals surface area contributed by atoms with E-state index in [2.05, 4.69) is 6.07 Å². The van der Waals surface area contributed by atoms with Crippen molar-refractivity contribution < 1.29 is 4.84 Å². The van der Waals surface area contributed by atoms with Crippen LogP contribution in [0.5, 0.6) is 0 Å². The van der Waals surface area contributed by atoms with Crippen molar-refractivity contribution in [1.29, 1.82) is 5.26 Å². The van der Waals surface area contributed by atoms with Gasteiger partial charge in [-0.15, -0.1) is 0 Å². The second kappa shape index (κ2) is 3.79. The molecule has 14 heavy (non-hydrogen) atoms. The highest BCUT2D eigenvalue weighted by molar-refractivity contribution is 5.22. The Hall–Kier alpha value is -1.37. The molecular weight excluding hydrogens is 176 g/mol. The molecule has 3 nitrogen and oxygen atoms in total. The van der Waals surface area contributed by atoms with E-state index in [9.17, 15) is 0 Å². The monoisotopic (exact) mass is 188 g/mol. The van der Waals surface area contributed by atoms with Gasteiger partial charge in [0.1, 0.15) is 0 Å². The largest absolute Gasteiger partial charge is 0.297 e. The molecule has 1 aromatic carbocycles. The number of hydrogen-bond donors (Lipinski definition) is 0. The molecule has 2 atom stereocenters. The fourth-order valence-electron chi connectivity index (χ4n) is 1.82. The summed E-state index contributed by atoms with van der Waals surface area (Å²) in [4.78, 5) is 5.33. The van der Waals surface area contributed by atoms with Gasteiger partial charge in [-0.25, -0.2) is 0 Å². The molecule has 72 valence electrons. The fourth-order valence-corrected chi connectivity index (χ4v) is 1.82. The van der Waals surface area contributed by atoms with Crippen molar-refractivity contribution in [3.05, 3.63) is 35.9 Å². The maximum Gasteiger partial charge on any atom is 0.0936 e. The van der Waals surface area contributed by atoms with Gasteiger partial charge >= 0.3 is 0 Å². The van der Waals surface area contributed by atoms with Crippen LogP contribution in [0.15, 0.2) is 30.3 Å². The maximum absolute atomic E-state index is 8.96. The normalized spacial score (nSPS) is 27.4. The number of rotatable bonds is 1. The molecule has 0 saturated carbocycles. The van der Waals surface area contributed by atoms with Gasteiger partial charge in [-0.1, -0.05) is 30.3 Å². The molecule has 1 fully saturated rings. The van der Waals surface area contributed by atoms with Gasteiger partial charge in [0, 0.05) is 7.05 Å². The minimum atomic E-state index is -0.0672. The van der Waals surface area contributed by atoms with Crippen LogP contribution in [0.1, 0.15) is 11.6 Å². The molecule has 0 radical (unpaired) electrons. The summed E-state index contributed by atoms with van der Waals surface area (Å²) < 4.78 is 0. The number of nitriles is 1. The Bertz CT molecular complexity index is 344. The van der Waals surface area contributed by atoms with E-state index in [1.54, 1.807) is 5.06 Å². The van der Waals surface area contributed by atoms with Crippen LogP contribution in [0.2, 0.25) is 0 Å². The Morgan fingerprint density at radius 1 is 1.43 bits per heavy atom. The third-order valence-electron chi connectivity index (χ3n) is 2.54. The molecule has 0 spiro atoms. The Labute approximate surface area is 83.5 Å². The van der Waals surface area contributed by atoms with E-state index < -0.39 is 0 Å². The lowest BCUT2D eigenvalue weighted by Gasteiger charge is -2.19. The van der Waals surface area contributed by atoms with Gasteiger partial charge < -0.3 is 0 Å². The first kappa shape index (κ1) is 9.20. The molecule has 1 aliphatic rings. The van der Waals surface area contributed by atoms with Gasteiger partial charge in [0.05, 0.1) is 24.6 Å². The molecule has 0 N–H and O–H groups in total. The van der Waals surface area contributed by atoms with Gasteiger partial charge in [0.15, 0.2) is 0 Å². The third-order valence-corrected chi connectivity index (χ3v) is 2.54. The van der Waals surface area contributed by atoms with Crippen LogP contribution in [-0.4, -0.2) is 18.7 Å². The fraction of sp³-hybridized carbons (Fsp3) is 0.364. The molecule has 1 aliphatic heterocycles. The van der Waals surface area contributed by atoms with E-state index in [1.165, 1.54) is 0 Å². The zero-order valence-corrected chi connectivity index (χ0v) is 8.05. The summed E-state index contributed by atoms with van der Waals surface area (Å²) in [5, 5.41) is 10.7. The first-order valence-corrected chi connectivity index (χ1v) is 4.63. The van der Waals surface area contributed by atoms with Crippen LogP contribution in [0.4, 0.5) is 0 Å². The predicted octanol–water partition coefficient (Wildman–Crippen LogP) is 1.74. The van der Waals surface area contributed by atoms with Crippen LogP contribution in [0.25, 0.3) is 0 Å². The standard InChI is InChI=1S/C11H12N2O/c1-13-11(10(7-12)8-14-13)9-5-3-2-4-6-9/h2-6,10-11H,8H2,1H3/t10-,11+/m1/s1. The minimum absolute atomic E-state index is 0.0672. The highest BCUT2D eigenvalue weighted by Gasteiger charge is 2.34. The maximum atomic E-state index is 8.96. The van der Waals surface area contributed by atoms with E-state index in [1.807, 2.05) is 37.4 Å². The van der Waals surface area contributed by atoms with Gasteiger partial charge in [0.2, 0.25) is 0 Å². The topological polar surface area (TPSA) is 36.3 Å². The van der Waals surface area contributed by atoms with Gasteiger partial charge in [-0.2, -0.15) is 10.3 Å². The molecule has 0 aliphatic carbocycles. The predicted molar refractivity (Wildman–Crippen MR) is 52.0 cm³/mol. The van der Waals surface area contributed by atoms with E-state index in [0.29, 0.717) is 6.61 Å². The summed E-state index contributed by atoms with van der Waals surface area (Å²) in [6, 6.07) is 12.3. The number of hydroxylamine groups is 2. The quantitative estimate of drug-likeness (QED) is 0.673. The van der Waals surface area contributed by atoms with Gasteiger partial charge in [-0.3, -0.25) is 4.84 Å². The average molecular weight is 188 g/mol. The van der Waals surface area contributed by atoms with E-state index >= 15 is 0 Å². The summed E-state index contributed by atoms with van der Waals surface area (Å²) in [5.41, 5.74) is 1.14. The molecule has 0 aromatic heterocycles. The lowest BCUT2D eigenvalue weighted by Crippen LogP contribution is -2.19. The summed E-state index contributed by atoms with van der Waals surface area (Å²) in [6.07, 6.45) is 0. The zero-order valence-electron chi connectivity index (χ0n) is 8.05. The smallest absolute Gasteiger partial charge is 0.0936 e. The zero-order chi connectivity index (χ0) is 9.97. The molecule has 0 amide bonds. The molecule has 0 unspecified atom stereocenters. The number of hydrogen-bond acceptors (Lipinski definition) is 3. The Morgan fingerprint density at radius 3 is 2.79 bits per heavy atom. The van der Waals surface area contributed by atoms with Crippen molar-refractivity contribution in [3.8, 4) is 6.07 Å². The summed E-state index contributed by atoms with van der Waals surface area (Å²) in [5.74, 6) is -0.0672. The van der Waals surface area contributed by atoms with Crippen LogP contribution in [-0.2, 0) is 4.84 Å². The lowest BCUT2D eigenvalue weighted by atomic mass is 9.96. The molecule has 1 heterocycles. The Morgan fingerprint density at radius 2 is 2.14 bits per heavy atom. The Kier molecular flexibility index (Phi) is 2.49. The van der Waals surface area contributed by atoms with E-state index in [4.69, 9.17) is 10.1 Å². The van der Waals surface area contributed by atoms with E-state index in [0.717, 1.165) is 5.56 Å². The lowest BCUT2D eigenvalue weighted by molar-refractivity contribution is -0.110. The SMILES string of the molecule is CN1OC[C@@H](C#N)[C@@H]1c1ccccc1. The average Bonchev–Trinajstić information content (AvgIpc) is 2.61. The second-order valence-electron chi connectivity index (χ2n) is 3.43.